The minimum atomic E-state index is 0. The summed E-state index contributed by atoms with van der Waals surface area (Å²) in [6.45, 7) is 0. The van der Waals surface area contributed by atoms with Gasteiger partial charge in [0, 0.05) is 33.3 Å². The number of rotatable bonds is 3. The molecule has 0 N–H and O–H groups in total. The second-order valence-corrected chi connectivity index (χ2v) is 1.52. The van der Waals surface area contributed by atoms with Gasteiger partial charge in [0.1, 0.15) is 0 Å². The first kappa shape index (κ1) is 11.4. The molecule has 0 aliphatic carbocycles. The Labute approximate surface area is 69.1 Å². The summed E-state index contributed by atoms with van der Waals surface area (Å²) in [6, 6.07) is 4.03. The molecule has 0 aliphatic rings. The molecule has 3 heteroatoms. The number of nitriles is 2. The van der Waals surface area contributed by atoms with Crippen LogP contribution in [-0.4, -0.2) is 0 Å². The number of nitrogens with zero attached hydrogens (tertiary/aromatic N) is 2. The monoisotopic (exact) mass is 214 g/mol. The van der Waals surface area contributed by atoms with Crippen LogP contribution in [0.15, 0.2) is 0 Å². The first-order valence-corrected chi connectivity index (χ1v) is 2.65. The second kappa shape index (κ2) is 10.6. The van der Waals surface area contributed by atoms with Crippen molar-refractivity contribution in [2.75, 3.05) is 0 Å². The van der Waals surface area contributed by atoms with Gasteiger partial charge in [0.15, 0.2) is 0 Å². The van der Waals surface area contributed by atoms with Gasteiger partial charge in [-0.15, -0.1) is 0 Å². The molecule has 0 atom stereocenters. The number of hydrogen-bond donors (Lipinski definition) is 0. The third kappa shape index (κ3) is 11.3. The minimum absolute atomic E-state index is 0. The summed E-state index contributed by atoms with van der Waals surface area (Å²) >= 11 is 0. The summed E-state index contributed by atoms with van der Waals surface area (Å²) in [7, 11) is 0. The molecule has 0 aromatic carbocycles. The fourth-order valence-electron chi connectivity index (χ4n) is 0.408. The van der Waals surface area contributed by atoms with Gasteiger partial charge in [-0.1, -0.05) is 0 Å². The molecule has 0 spiro atoms. The van der Waals surface area contributed by atoms with Crippen molar-refractivity contribution in [1.29, 1.82) is 10.5 Å². The predicted octanol–water partition coefficient (Wildman–Crippen LogP) is 1.59. The normalized spacial score (nSPS) is 6.44. The molecule has 0 aliphatic heterocycles. The number of hydrogen-bond acceptors (Lipinski definition) is 2. The van der Waals surface area contributed by atoms with Crippen LogP contribution in [0.1, 0.15) is 25.7 Å². The second-order valence-electron chi connectivity index (χ2n) is 1.52. The smallest absolute Gasteiger partial charge is 0.0621 e. The molecule has 0 bridgehead atoms. The molecule has 0 unspecified atom stereocenters. The standard InChI is InChI=1S/C6H8N2.Pd/c7-5-3-1-2-4-6-8;/h1-4H2;. The zero-order valence-corrected chi connectivity index (χ0v) is 6.59. The van der Waals surface area contributed by atoms with Gasteiger partial charge in [-0.3, -0.25) is 0 Å². The van der Waals surface area contributed by atoms with E-state index in [2.05, 4.69) is 0 Å². The summed E-state index contributed by atoms with van der Waals surface area (Å²) in [6.07, 6.45) is 2.90. The third-order valence-electron chi connectivity index (χ3n) is 0.827. The summed E-state index contributed by atoms with van der Waals surface area (Å²) in [5.41, 5.74) is 0. The van der Waals surface area contributed by atoms with Crippen molar-refractivity contribution in [3.8, 4) is 12.1 Å². The molecule has 0 heterocycles. The maximum Gasteiger partial charge on any atom is 0.0621 e. The van der Waals surface area contributed by atoms with E-state index in [1.807, 2.05) is 12.1 Å². The van der Waals surface area contributed by atoms with Crippen molar-refractivity contribution in [3.05, 3.63) is 0 Å². The molecule has 52 valence electrons. The van der Waals surface area contributed by atoms with Crippen LogP contribution in [0, 0.1) is 22.7 Å². The molecule has 0 rings (SSSR count). The van der Waals surface area contributed by atoms with Crippen LogP contribution in [0.4, 0.5) is 0 Å². The molecule has 2 nitrogen and oxygen atoms in total. The van der Waals surface area contributed by atoms with Crippen molar-refractivity contribution < 1.29 is 20.4 Å². The maximum atomic E-state index is 8.03. The summed E-state index contributed by atoms with van der Waals surface area (Å²) in [4.78, 5) is 0. The summed E-state index contributed by atoms with van der Waals surface area (Å²) in [5, 5.41) is 16.1. The molecule has 0 saturated carbocycles. The minimum Gasteiger partial charge on any atom is -0.198 e. The Hall–Kier alpha value is -0.358. The van der Waals surface area contributed by atoms with Crippen molar-refractivity contribution in [2.45, 2.75) is 25.7 Å². The zero-order valence-electron chi connectivity index (χ0n) is 5.04. The molecule has 0 amide bonds. The first-order chi connectivity index (χ1) is 3.91. The molecular formula is C6H8N2Pd. The molecule has 0 saturated heterocycles. The van der Waals surface area contributed by atoms with Gasteiger partial charge in [0.2, 0.25) is 0 Å². The Morgan fingerprint density at radius 2 is 1.22 bits per heavy atom. The van der Waals surface area contributed by atoms with E-state index in [4.69, 9.17) is 10.5 Å². The summed E-state index contributed by atoms with van der Waals surface area (Å²) < 4.78 is 0. The topological polar surface area (TPSA) is 47.6 Å². The molecule has 0 radical (unpaired) electrons. The van der Waals surface area contributed by atoms with E-state index in [1.54, 1.807) is 0 Å². The van der Waals surface area contributed by atoms with E-state index in [1.165, 1.54) is 0 Å². The van der Waals surface area contributed by atoms with Gasteiger partial charge in [-0.25, -0.2) is 0 Å². The Kier molecular flexibility index (Phi) is 13.5. The van der Waals surface area contributed by atoms with E-state index in [0.717, 1.165) is 12.8 Å². The zero-order chi connectivity index (χ0) is 6.24. The Bertz CT molecular complexity index is 104. The summed E-state index contributed by atoms with van der Waals surface area (Å²) in [5.74, 6) is 0. The maximum absolute atomic E-state index is 8.03. The van der Waals surface area contributed by atoms with Gasteiger partial charge in [-0.05, 0) is 12.8 Å². The van der Waals surface area contributed by atoms with E-state index >= 15 is 0 Å². The van der Waals surface area contributed by atoms with E-state index in [0.29, 0.717) is 12.8 Å². The SMILES string of the molecule is N#CCCCCC#N.[Pd]. The van der Waals surface area contributed by atoms with Gasteiger partial charge in [0.05, 0.1) is 12.1 Å². The Balaban J connectivity index is 0. The van der Waals surface area contributed by atoms with E-state index < -0.39 is 0 Å². The van der Waals surface area contributed by atoms with Gasteiger partial charge >= 0.3 is 0 Å². The average Bonchev–Trinajstić information content (AvgIpc) is 1.81. The van der Waals surface area contributed by atoms with Gasteiger partial charge in [0.25, 0.3) is 0 Å². The van der Waals surface area contributed by atoms with Crippen LogP contribution in [0.3, 0.4) is 0 Å². The third-order valence-corrected chi connectivity index (χ3v) is 0.827. The quantitative estimate of drug-likeness (QED) is 0.529. The van der Waals surface area contributed by atoms with Gasteiger partial charge < -0.3 is 0 Å². The fourth-order valence-corrected chi connectivity index (χ4v) is 0.408. The van der Waals surface area contributed by atoms with Crippen LogP contribution < -0.4 is 0 Å². The van der Waals surface area contributed by atoms with Crippen molar-refractivity contribution >= 4 is 0 Å². The van der Waals surface area contributed by atoms with Crippen molar-refractivity contribution in [1.82, 2.24) is 0 Å². The van der Waals surface area contributed by atoms with E-state index in [9.17, 15) is 0 Å². The average molecular weight is 215 g/mol. The van der Waals surface area contributed by atoms with Crippen LogP contribution in [-0.2, 0) is 20.4 Å². The largest absolute Gasteiger partial charge is 0.198 e. The van der Waals surface area contributed by atoms with Crippen LogP contribution in [0.25, 0.3) is 0 Å². The Morgan fingerprint density at radius 3 is 1.44 bits per heavy atom. The molecular weight excluding hydrogens is 206 g/mol. The van der Waals surface area contributed by atoms with Crippen LogP contribution >= 0.6 is 0 Å². The van der Waals surface area contributed by atoms with E-state index in [-0.39, 0.29) is 20.4 Å². The fraction of sp³-hybridized carbons (Fsp3) is 0.667. The van der Waals surface area contributed by atoms with Gasteiger partial charge in [-0.2, -0.15) is 10.5 Å². The van der Waals surface area contributed by atoms with Crippen LogP contribution in [0.2, 0.25) is 0 Å². The van der Waals surface area contributed by atoms with Crippen LogP contribution in [0.5, 0.6) is 0 Å². The van der Waals surface area contributed by atoms with Crippen molar-refractivity contribution in [3.63, 3.8) is 0 Å². The predicted molar refractivity (Wildman–Crippen MR) is 29.7 cm³/mol. The number of unbranched alkanes of at least 4 members (excludes halogenated alkanes) is 3. The van der Waals surface area contributed by atoms with Crippen molar-refractivity contribution in [2.24, 2.45) is 0 Å². The molecule has 9 heavy (non-hydrogen) atoms. The molecule has 0 fully saturated rings. The first-order valence-electron chi connectivity index (χ1n) is 2.65. The molecule has 0 aromatic rings. The Morgan fingerprint density at radius 1 is 0.889 bits per heavy atom. The molecule has 0 aromatic heterocycles.